The summed E-state index contributed by atoms with van der Waals surface area (Å²) in [6.07, 6.45) is 3.61. The zero-order valence-electron chi connectivity index (χ0n) is 11.3. The zero-order chi connectivity index (χ0) is 16.9. The molecular formula is C10H12ClN5O5S. The molecule has 0 saturated carbocycles. The van der Waals surface area contributed by atoms with Crippen molar-refractivity contribution < 1.29 is 22.6 Å². The van der Waals surface area contributed by atoms with Crippen molar-refractivity contribution in [2.75, 3.05) is 12.1 Å². The molecule has 12 heteroatoms. The number of nitrogen functional groups attached to an aromatic ring is 1. The Kier molecular flexibility index (Phi) is 5.79. The molecule has 0 amide bonds. The molecule has 1 aromatic heterocycles. The molecule has 0 atom stereocenters. The first-order valence-corrected chi connectivity index (χ1v) is 7.78. The molecule has 0 unspecified atom stereocenters. The highest BCUT2D eigenvalue weighted by Crippen LogP contribution is 2.25. The molecule has 0 aliphatic carbocycles. The normalized spacial score (nSPS) is 10.7. The van der Waals surface area contributed by atoms with E-state index in [2.05, 4.69) is 5.10 Å². The molecule has 10 nitrogen and oxygen atoms in total. The lowest BCUT2D eigenvalue weighted by molar-refractivity contribution is -0.639. The Morgan fingerprint density at radius 3 is 2.55 bits per heavy atom. The van der Waals surface area contributed by atoms with Crippen molar-refractivity contribution in [3.63, 3.8) is 0 Å². The van der Waals surface area contributed by atoms with Gasteiger partial charge < -0.3 is 4.55 Å². The van der Waals surface area contributed by atoms with E-state index < -0.39 is 15.0 Å². The van der Waals surface area contributed by atoms with Crippen molar-refractivity contribution in [3.8, 4) is 0 Å². The van der Waals surface area contributed by atoms with Gasteiger partial charge in [-0.2, -0.15) is 0 Å². The minimum Gasteiger partial charge on any atom is -0.748 e. The molecule has 0 bridgehead atoms. The van der Waals surface area contributed by atoms with Gasteiger partial charge in [0, 0.05) is 17.4 Å². The molecule has 1 heterocycles. The maximum Gasteiger partial charge on any atom is 0.288 e. The van der Waals surface area contributed by atoms with Crippen LogP contribution in [0.25, 0.3) is 0 Å². The van der Waals surface area contributed by atoms with Crippen molar-refractivity contribution >= 4 is 27.4 Å². The SMILES string of the molecule is CS(=O)(=O)[O-].N[n+]1cnn(Cc2ccc(Cl)c([N+](=O)[O-])c2)c1. The van der Waals surface area contributed by atoms with Crippen molar-refractivity contribution in [1.82, 2.24) is 9.78 Å². The Balaban J connectivity index is 0.000000422. The number of nitrogens with zero attached hydrogens (tertiary/aromatic N) is 4. The fraction of sp³-hybridized carbons (Fsp3) is 0.200. The molecule has 0 aliphatic heterocycles. The maximum atomic E-state index is 10.7. The monoisotopic (exact) mass is 349 g/mol. The molecule has 0 spiro atoms. The number of nitrogens with two attached hydrogens (primary N) is 1. The van der Waals surface area contributed by atoms with Gasteiger partial charge in [-0.05, 0) is 11.6 Å². The van der Waals surface area contributed by atoms with Gasteiger partial charge in [0.25, 0.3) is 12.0 Å². The molecule has 0 fully saturated rings. The average Bonchev–Trinajstić information content (AvgIpc) is 2.75. The zero-order valence-corrected chi connectivity index (χ0v) is 12.9. The summed E-state index contributed by atoms with van der Waals surface area (Å²) in [5, 5.41) is 14.8. The number of aromatic nitrogens is 3. The Hall–Kier alpha value is -2.24. The summed E-state index contributed by atoms with van der Waals surface area (Å²) in [6, 6.07) is 4.62. The van der Waals surface area contributed by atoms with Crippen LogP contribution >= 0.6 is 11.6 Å². The third-order valence-corrected chi connectivity index (χ3v) is 2.47. The van der Waals surface area contributed by atoms with Crippen LogP contribution in [-0.2, 0) is 16.7 Å². The smallest absolute Gasteiger partial charge is 0.288 e. The Bertz CT molecular complexity index is 768. The van der Waals surface area contributed by atoms with Crippen molar-refractivity contribution in [2.24, 2.45) is 0 Å². The van der Waals surface area contributed by atoms with Crippen LogP contribution < -0.4 is 10.5 Å². The van der Waals surface area contributed by atoms with E-state index in [1.165, 1.54) is 23.1 Å². The second-order valence-corrected chi connectivity index (χ2v) is 5.95. The quantitative estimate of drug-likeness (QED) is 0.262. The summed E-state index contributed by atoms with van der Waals surface area (Å²) in [5.74, 6) is 5.44. The molecular weight excluding hydrogens is 338 g/mol. The molecule has 2 rings (SSSR count). The van der Waals surface area contributed by atoms with Gasteiger partial charge in [0.2, 0.25) is 6.33 Å². The number of hydrogen-bond acceptors (Lipinski definition) is 7. The lowest BCUT2D eigenvalue weighted by Gasteiger charge is -1.98. The summed E-state index contributed by atoms with van der Waals surface area (Å²) in [5.41, 5.74) is 0.613. The van der Waals surface area contributed by atoms with E-state index in [0.29, 0.717) is 12.8 Å². The van der Waals surface area contributed by atoms with E-state index >= 15 is 0 Å². The predicted molar refractivity (Wildman–Crippen MR) is 75.4 cm³/mol. The van der Waals surface area contributed by atoms with Crippen molar-refractivity contribution in [2.45, 2.75) is 6.54 Å². The molecule has 0 saturated heterocycles. The van der Waals surface area contributed by atoms with Crippen LogP contribution in [0, 0.1) is 10.1 Å². The lowest BCUT2D eigenvalue weighted by Crippen LogP contribution is -2.42. The number of nitro benzene ring substituents is 1. The summed E-state index contributed by atoms with van der Waals surface area (Å²) in [4.78, 5) is 10.2. The fourth-order valence-electron chi connectivity index (χ4n) is 1.40. The van der Waals surface area contributed by atoms with Crippen LogP contribution in [-0.4, -0.2) is 33.9 Å². The van der Waals surface area contributed by atoms with Gasteiger partial charge >= 0.3 is 0 Å². The standard InChI is InChI=1S/C9H9ClN5O2.CH4O3S/c10-8-2-1-7(3-9(8)15(16)17)4-14-6-13(11)5-12-14;1-5(2,3)4/h1-3,5-6H,4,11H2;1H3,(H,2,3,4)/q+1;/p-1. The van der Waals surface area contributed by atoms with Gasteiger partial charge in [-0.15, -0.1) is 9.36 Å². The molecule has 1 aromatic carbocycles. The molecule has 2 aromatic rings. The number of hydrogen-bond donors (Lipinski definition) is 1. The van der Waals surface area contributed by atoms with Gasteiger partial charge in [-0.1, -0.05) is 17.7 Å². The molecule has 2 N–H and O–H groups in total. The molecule has 0 radical (unpaired) electrons. The minimum absolute atomic E-state index is 0.114. The van der Waals surface area contributed by atoms with Crippen LogP contribution in [0.3, 0.4) is 0 Å². The first-order chi connectivity index (χ1) is 10.1. The fourth-order valence-corrected chi connectivity index (χ4v) is 1.59. The van der Waals surface area contributed by atoms with Gasteiger partial charge in [0.1, 0.15) is 11.6 Å². The second-order valence-electron chi connectivity index (χ2n) is 4.14. The number of nitro groups is 1. The maximum absolute atomic E-state index is 10.7. The molecule has 22 heavy (non-hydrogen) atoms. The first-order valence-electron chi connectivity index (χ1n) is 5.58. The highest BCUT2D eigenvalue weighted by Gasteiger charge is 2.14. The topological polar surface area (TPSA) is 148 Å². The largest absolute Gasteiger partial charge is 0.748 e. The Labute approximate surface area is 130 Å². The average molecular weight is 350 g/mol. The number of rotatable bonds is 3. The van der Waals surface area contributed by atoms with E-state index in [1.54, 1.807) is 17.1 Å². The van der Waals surface area contributed by atoms with E-state index in [-0.39, 0.29) is 10.7 Å². The lowest BCUT2D eigenvalue weighted by atomic mass is 10.2. The Morgan fingerprint density at radius 1 is 1.50 bits per heavy atom. The van der Waals surface area contributed by atoms with Crippen LogP contribution in [0.2, 0.25) is 5.02 Å². The van der Waals surface area contributed by atoms with E-state index in [9.17, 15) is 10.1 Å². The highest BCUT2D eigenvalue weighted by atomic mass is 35.5. The van der Waals surface area contributed by atoms with E-state index in [4.69, 9.17) is 30.4 Å². The van der Waals surface area contributed by atoms with Crippen LogP contribution in [0.5, 0.6) is 0 Å². The van der Waals surface area contributed by atoms with Gasteiger partial charge in [-0.25, -0.2) is 8.42 Å². The highest BCUT2D eigenvalue weighted by molar-refractivity contribution is 7.84. The van der Waals surface area contributed by atoms with Gasteiger partial charge in [-0.3, -0.25) is 16.0 Å². The first kappa shape index (κ1) is 17.8. The van der Waals surface area contributed by atoms with Gasteiger partial charge in [0.05, 0.1) is 15.0 Å². The van der Waals surface area contributed by atoms with Crippen molar-refractivity contribution in [1.29, 1.82) is 0 Å². The summed E-state index contributed by atoms with van der Waals surface area (Å²) >= 11 is 5.71. The Morgan fingerprint density at radius 2 is 2.09 bits per heavy atom. The molecule has 120 valence electrons. The van der Waals surface area contributed by atoms with E-state index in [1.807, 2.05) is 0 Å². The molecule has 0 aliphatic rings. The summed E-state index contributed by atoms with van der Waals surface area (Å²) in [6.45, 7) is 0.391. The van der Waals surface area contributed by atoms with Gasteiger partial charge in [0.15, 0.2) is 0 Å². The summed E-state index contributed by atoms with van der Waals surface area (Å²) in [7, 11) is -3.92. The minimum atomic E-state index is -3.92. The van der Waals surface area contributed by atoms with Crippen LogP contribution in [0.15, 0.2) is 30.9 Å². The third-order valence-electron chi connectivity index (χ3n) is 2.15. The summed E-state index contributed by atoms with van der Waals surface area (Å²) < 4.78 is 30.1. The number of benzene rings is 1. The second kappa shape index (κ2) is 7.15. The predicted octanol–water partition coefficient (Wildman–Crippen LogP) is -0.344. The van der Waals surface area contributed by atoms with Crippen LogP contribution in [0.4, 0.5) is 5.69 Å². The van der Waals surface area contributed by atoms with Crippen molar-refractivity contribution in [3.05, 3.63) is 51.6 Å². The third kappa shape index (κ3) is 6.47. The van der Waals surface area contributed by atoms with Crippen LogP contribution in [0.1, 0.15) is 5.56 Å². The van der Waals surface area contributed by atoms with E-state index in [0.717, 1.165) is 5.56 Å². The number of halogens is 1.